The van der Waals surface area contributed by atoms with E-state index in [1.54, 1.807) is 13.3 Å². The van der Waals surface area contributed by atoms with Crippen molar-refractivity contribution in [2.24, 2.45) is 0 Å². The van der Waals surface area contributed by atoms with Crippen LogP contribution in [0.2, 0.25) is 0 Å². The second-order valence-corrected chi connectivity index (χ2v) is 4.15. The lowest BCUT2D eigenvalue weighted by Gasteiger charge is -2.09. The summed E-state index contributed by atoms with van der Waals surface area (Å²) >= 11 is 0. The van der Waals surface area contributed by atoms with Gasteiger partial charge in [0, 0.05) is 12.7 Å². The molecular formula is C14H17N3O. The third-order valence-corrected chi connectivity index (χ3v) is 2.67. The second-order valence-electron chi connectivity index (χ2n) is 4.15. The van der Waals surface area contributed by atoms with E-state index in [0.717, 1.165) is 22.7 Å². The molecule has 3 N–H and O–H groups in total. The molecule has 0 bridgehead atoms. The van der Waals surface area contributed by atoms with Crippen molar-refractivity contribution in [2.75, 3.05) is 18.2 Å². The molecule has 0 aliphatic rings. The maximum atomic E-state index is 5.89. The summed E-state index contributed by atoms with van der Waals surface area (Å²) in [5, 5.41) is 3.22. The normalized spacial score (nSPS) is 10.1. The average molecular weight is 243 g/mol. The van der Waals surface area contributed by atoms with Crippen molar-refractivity contribution in [3.8, 4) is 5.75 Å². The van der Waals surface area contributed by atoms with E-state index >= 15 is 0 Å². The van der Waals surface area contributed by atoms with Gasteiger partial charge in [0.05, 0.1) is 12.8 Å². The quantitative estimate of drug-likeness (QED) is 0.866. The van der Waals surface area contributed by atoms with Gasteiger partial charge in [-0.3, -0.25) is 0 Å². The molecule has 0 amide bonds. The van der Waals surface area contributed by atoms with Crippen LogP contribution in [-0.4, -0.2) is 12.1 Å². The Labute approximate surface area is 107 Å². The summed E-state index contributed by atoms with van der Waals surface area (Å²) < 4.78 is 5.11. The van der Waals surface area contributed by atoms with E-state index in [9.17, 15) is 0 Å². The number of methoxy groups -OCH3 is 1. The summed E-state index contributed by atoms with van der Waals surface area (Å²) in [6.45, 7) is 2.65. The highest BCUT2D eigenvalue weighted by molar-refractivity contribution is 5.61. The van der Waals surface area contributed by atoms with Gasteiger partial charge in [0.2, 0.25) is 0 Å². The summed E-state index contributed by atoms with van der Waals surface area (Å²) in [4.78, 5) is 4.27. The Kier molecular flexibility index (Phi) is 3.67. The minimum Gasteiger partial charge on any atom is -0.497 e. The molecule has 2 rings (SSSR count). The van der Waals surface area contributed by atoms with E-state index in [1.165, 1.54) is 0 Å². The predicted molar refractivity (Wildman–Crippen MR) is 73.7 cm³/mol. The predicted octanol–water partition coefficient (Wildman–Crippen LogP) is 2.59. The summed E-state index contributed by atoms with van der Waals surface area (Å²) in [6.07, 6.45) is 1.80. The minimum atomic E-state index is 0.670. The van der Waals surface area contributed by atoms with Gasteiger partial charge in [-0.15, -0.1) is 0 Å². The van der Waals surface area contributed by atoms with Gasteiger partial charge in [-0.05, 0) is 36.2 Å². The van der Waals surface area contributed by atoms with Crippen LogP contribution >= 0.6 is 0 Å². The molecule has 0 radical (unpaired) electrons. The lowest BCUT2D eigenvalue weighted by Crippen LogP contribution is -2.04. The van der Waals surface area contributed by atoms with Gasteiger partial charge >= 0.3 is 0 Å². The maximum Gasteiger partial charge on any atom is 0.149 e. The number of pyridine rings is 1. The number of hydrogen-bond donors (Lipinski definition) is 2. The molecule has 1 heterocycles. The molecule has 0 aliphatic heterocycles. The number of nitrogens with two attached hydrogens (primary N) is 1. The summed E-state index contributed by atoms with van der Waals surface area (Å²) in [6, 6.07) is 9.79. The van der Waals surface area contributed by atoms with Crippen LogP contribution in [0.15, 0.2) is 36.5 Å². The van der Waals surface area contributed by atoms with E-state index in [1.807, 2.05) is 37.3 Å². The van der Waals surface area contributed by atoms with Crippen LogP contribution in [0.5, 0.6) is 5.75 Å². The Morgan fingerprint density at radius 3 is 2.61 bits per heavy atom. The molecule has 0 spiro atoms. The first-order chi connectivity index (χ1) is 8.69. The average Bonchev–Trinajstić information content (AvgIpc) is 2.38. The minimum absolute atomic E-state index is 0.670. The van der Waals surface area contributed by atoms with Gasteiger partial charge in [-0.1, -0.05) is 12.1 Å². The highest BCUT2D eigenvalue weighted by atomic mass is 16.5. The molecule has 1 aromatic carbocycles. The zero-order valence-corrected chi connectivity index (χ0v) is 10.6. The molecule has 18 heavy (non-hydrogen) atoms. The lowest BCUT2D eigenvalue weighted by molar-refractivity contribution is 0.414. The number of hydrogen-bond acceptors (Lipinski definition) is 4. The lowest BCUT2D eigenvalue weighted by atomic mass is 10.2. The summed E-state index contributed by atoms with van der Waals surface area (Å²) in [5.74, 6) is 1.57. The molecule has 0 fully saturated rings. The zero-order valence-electron chi connectivity index (χ0n) is 10.6. The third-order valence-electron chi connectivity index (χ3n) is 2.67. The van der Waals surface area contributed by atoms with E-state index in [0.29, 0.717) is 12.2 Å². The topological polar surface area (TPSA) is 60.2 Å². The van der Waals surface area contributed by atoms with Gasteiger partial charge in [0.1, 0.15) is 11.6 Å². The van der Waals surface area contributed by atoms with Crippen molar-refractivity contribution in [3.05, 3.63) is 47.7 Å². The fourth-order valence-electron chi connectivity index (χ4n) is 1.67. The molecule has 2 aromatic rings. The molecule has 0 saturated carbocycles. The number of nitrogens with one attached hydrogen (secondary N) is 1. The van der Waals surface area contributed by atoms with Crippen molar-refractivity contribution in [1.82, 2.24) is 4.98 Å². The number of nitrogen functional groups attached to an aromatic ring is 1. The fraction of sp³-hybridized carbons (Fsp3) is 0.214. The molecule has 0 atom stereocenters. The molecule has 0 saturated heterocycles. The van der Waals surface area contributed by atoms with Crippen LogP contribution in [0.3, 0.4) is 0 Å². The van der Waals surface area contributed by atoms with Crippen molar-refractivity contribution < 1.29 is 4.74 Å². The number of ether oxygens (including phenoxy) is 1. The van der Waals surface area contributed by atoms with Crippen LogP contribution in [0.4, 0.5) is 11.5 Å². The first kappa shape index (κ1) is 12.2. The zero-order chi connectivity index (χ0) is 13.0. The largest absolute Gasteiger partial charge is 0.497 e. The Morgan fingerprint density at radius 2 is 2.00 bits per heavy atom. The summed E-state index contributed by atoms with van der Waals surface area (Å²) in [7, 11) is 1.66. The van der Waals surface area contributed by atoms with Crippen LogP contribution in [0, 0.1) is 6.92 Å². The van der Waals surface area contributed by atoms with Crippen LogP contribution in [0.1, 0.15) is 11.1 Å². The fourth-order valence-corrected chi connectivity index (χ4v) is 1.67. The van der Waals surface area contributed by atoms with E-state index in [4.69, 9.17) is 10.5 Å². The number of aromatic nitrogens is 1. The Hall–Kier alpha value is -2.23. The molecule has 4 heteroatoms. The van der Waals surface area contributed by atoms with Gasteiger partial charge in [-0.25, -0.2) is 4.98 Å². The third kappa shape index (κ3) is 2.91. The Balaban J connectivity index is 2.02. The highest BCUT2D eigenvalue weighted by Crippen LogP contribution is 2.17. The molecule has 0 unspecified atom stereocenters. The van der Waals surface area contributed by atoms with Crippen LogP contribution in [0.25, 0.3) is 0 Å². The van der Waals surface area contributed by atoms with Gasteiger partial charge in [0.25, 0.3) is 0 Å². The van der Waals surface area contributed by atoms with E-state index in [-0.39, 0.29) is 0 Å². The van der Waals surface area contributed by atoms with E-state index < -0.39 is 0 Å². The first-order valence-corrected chi connectivity index (χ1v) is 5.78. The first-order valence-electron chi connectivity index (χ1n) is 5.78. The monoisotopic (exact) mass is 243 g/mol. The maximum absolute atomic E-state index is 5.89. The van der Waals surface area contributed by atoms with Crippen molar-refractivity contribution in [1.29, 1.82) is 0 Å². The molecule has 94 valence electrons. The number of benzene rings is 1. The van der Waals surface area contributed by atoms with Crippen LogP contribution < -0.4 is 15.8 Å². The molecule has 0 aliphatic carbocycles. The Morgan fingerprint density at radius 1 is 1.28 bits per heavy atom. The summed E-state index contributed by atoms with van der Waals surface area (Å²) in [5.41, 5.74) is 8.76. The SMILES string of the molecule is COc1ccc(CNc2ncc(C)cc2N)cc1. The molecule has 4 nitrogen and oxygen atoms in total. The molecule has 1 aromatic heterocycles. The second kappa shape index (κ2) is 5.40. The molecular weight excluding hydrogens is 226 g/mol. The van der Waals surface area contributed by atoms with Crippen LogP contribution in [-0.2, 0) is 6.54 Å². The smallest absolute Gasteiger partial charge is 0.149 e. The standard InChI is InChI=1S/C14H17N3O/c1-10-7-13(15)14(16-8-10)17-9-11-3-5-12(18-2)6-4-11/h3-8H,9,15H2,1-2H3,(H,16,17). The van der Waals surface area contributed by atoms with Gasteiger partial charge < -0.3 is 15.8 Å². The number of aryl methyl sites for hydroxylation is 1. The van der Waals surface area contributed by atoms with Crippen molar-refractivity contribution in [2.45, 2.75) is 13.5 Å². The Bertz CT molecular complexity index is 523. The number of rotatable bonds is 4. The van der Waals surface area contributed by atoms with Crippen molar-refractivity contribution >= 4 is 11.5 Å². The van der Waals surface area contributed by atoms with E-state index in [2.05, 4.69) is 10.3 Å². The van der Waals surface area contributed by atoms with Gasteiger partial charge in [0.15, 0.2) is 0 Å². The number of anilines is 2. The number of nitrogens with zero attached hydrogens (tertiary/aromatic N) is 1. The van der Waals surface area contributed by atoms with Crippen molar-refractivity contribution in [3.63, 3.8) is 0 Å². The van der Waals surface area contributed by atoms with Gasteiger partial charge in [-0.2, -0.15) is 0 Å². The highest BCUT2D eigenvalue weighted by Gasteiger charge is 2.01.